The molecular weight excluding hydrogens is 360 g/mol. The van der Waals surface area contributed by atoms with E-state index in [1.165, 1.54) is 11.1 Å². The minimum Gasteiger partial charge on any atom is -0.384 e. The van der Waals surface area contributed by atoms with Crippen molar-refractivity contribution in [3.05, 3.63) is 71.3 Å². The van der Waals surface area contributed by atoms with Gasteiger partial charge in [0.25, 0.3) is 0 Å². The van der Waals surface area contributed by atoms with Crippen LogP contribution in [0, 0.1) is 0 Å². The molecule has 0 spiro atoms. The van der Waals surface area contributed by atoms with Crippen LogP contribution in [0.15, 0.2) is 59.6 Å². The molecule has 5 nitrogen and oxygen atoms in total. The molecule has 1 unspecified atom stereocenters. The summed E-state index contributed by atoms with van der Waals surface area (Å²) in [4.78, 5) is 7.11. The van der Waals surface area contributed by atoms with E-state index >= 15 is 0 Å². The summed E-state index contributed by atoms with van der Waals surface area (Å²) < 4.78 is 0. The molecular formula is C24H36N4O. The smallest absolute Gasteiger partial charge is 0.191 e. The molecule has 2 aromatic carbocycles. The van der Waals surface area contributed by atoms with Crippen molar-refractivity contribution in [2.24, 2.45) is 4.99 Å². The lowest BCUT2D eigenvalue weighted by Crippen LogP contribution is -2.44. The summed E-state index contributed by atoms with van der Waals surface area (Å²) >= 11 is 0. The van der Waals surface area contributed by atoms with Gasteiger partial charge in [-0.15, -0.1) is 0 Å². The minimum absolute atomic E-state index is 0.380. The first-order valence-corrected chi connectivity index (χ1v) is 10.6. The van der Waals surface area contributed by atoms with Crippen molar-refractivity contribution in [2.45, 2.75) is 46.4 Å². The second-order valence-corrected chi connectivity index (χ2v) is 7.47. The Bertz CT molecular complexity index is 754. The van der Waals surface area contributed by atoms with E-state index < -0.39 is 5.60 Å². The zero-order valence-corrected chi connectivity index (χ0v) is 18.3. The highest BCUT2D eigenvalue weighted by molar-refractivity contribution is 5.79. The van der Waals surface area contributed by atoms with E-state index in [1.807, 2.05) is 44.2 Å². The summed E-state index contributed by atoms with van der Waals surface area (Å²) in [7, 11) is 0. The predicted octanol–water partition coefficient (Wildman–Crippen LogP) is 3.49. The van der Waals surface area contributed by atoms with Crippen molar-refractivity contribution in [3.63, 3.8) is 0 Å². The Hall–Kier alpha value is -2.37. The van der Waals surface area contributed by atoms with E-state index in [0.29, 0.717) is 19.0 Å². The van der Waals surface area contributed by atoms with Crippen molar-refractivity contribution in [1.82, 2.24) is 15.5 Å². The van der Waals surface area contributed by atoms with Crippen molar-refractivity contribution in [2.75, 3.05) is 26.2 Å². The molecule has 0 aromatic heterocycles. The third kappa shape index (κ3) is 7.52. The predicted molar refractivity (Wildman–Crippen MR) is 122 cm³/mol. The van der Waals surface area contributed by atoms with Crippen LogP contribution in [0.1, 0.15) is 44.4 Å². The summed E-state index contributed by atoms with van der Waals surface area (Å²) in [6, 6.07) is 18.3. The number of aliphatic imine (C=N–C) groups is 1. The van der Waals surface area contributed by atoms with E-state index in [9.17, 15) is 5.11 Å². The molecule has 0 bridgehead atoms. The van der Waals surface area contributed by atoms with Crippen LogP contribution in [0.2, 0.25) is 0 Å². The number of hydrogen-bond acceptors (Lipinski definition) is 3. The zero-order valence-electron chi connectivity index (χ0n) is 18.3. The van der Waals surface area contributed by atoms with Gasteiger partial charge in [0.2, 0.25) is 0 Å². The summed E-state index contributed by atoms with van der Waals surface area (Å²) in [5, 5.41) is 17.3. The molecule has 2 aromatic rings. The van der Waals surface area contributed by atoms with Gasteiger partial charge in [0.1, 0.15) is 5.60 Å². The minimum atomic E-state index is -0.971. The van der Waals surface area contributed by atoms with E-state index in [2.05, 4.69) is 53.6 Å². The third-order valence-electron chi connectivity index (χ3n) is 5.05. The molecule has 0 saturated heterocycles. The Kier molecular flexibility index (Phi) is 9.16. The molecule has 5 heteroatoms. The van der Waals surface area contributed by atoms with Crippen LogP contribution >= 0.6 is 0 Å². The summed E-state index contributed by atoms with van der Waals surface area (Å²) in [5.74, 6) is 0.706. The highest BCUT2D eigenvalue weighted by Crippen LogP contribution is 2.18. The highest BCUT2D eigenvalue weighted by atomic mass is 16.3. The lowest BCUT2D eigenvalue weighted by molar-refractivity contribution is 0.0617. The molecule has 29 heavy (non-hydrogen) atoms. The van der Waals surface area contributed by atoms with Gasteiger partial charge in [0.15, 0.2) is 5.96 Å². The molecule has 0 aliphatic carbocycles. The van der Waals surface area contributed by atoms with Gasteiger partial charge in [-0.3, -0.25) is 4.90 Å². The molecule has 0 heterocycles. The maximum absolute atomic E-state index is 10.8. The SMILES string of the molecule is CCNC(=NCc1cccc(CN(CC)CC)c1)NCC(C)(O)c1ccccc1. The van der Waals surface area contributed by atoms with Crippen LogP contribution in [0.25, 0.3) is 0 Å². The first-order valence-electron chi connectivity index (χ1n) is 10.6. The van der Waals surface area contributed by atoms with Crippen molar-refractivity contribution in [3.8, 4) is 0 Å². The van der Waals surface area contributed by atoms with Crippen molar-refractivity contribution >= 4 is 5.96 Å². The van der Waals surface area contributed by atoms with Crippen LogP contribution in [-0.2, 0) is 18.7 Å². The largest absolute Gasteiger partial charge is 0.384 e. The number of benzene rings is 2. The van der Waals surface area contributed by atoms with Crippen molar-refractivity contribution in [1.29, 1.82) is 0 Å². The van der Waals surface area contributed by atoms with Gasteiger partial charge in [0.05, 0.1) is 13.1 Å². The van der Waals surface area contributed by atoms with E-state index in [-0.39, 0.29) is 0 Å². The van der Waals surface area contributed by atoms with Gasteiger partial charge in [-0.25, -0.2) is 4.99 Å². The average molecular weight is 397 g/mol. The van der Waals surface area contributed by atoms with Gasteiger partial charge in [-0.05, 0) is 43.6 Å². The third-order valence-corrected chi connectivity index (χ3v) is 5.05. The molecule has 0 radical (unpaired) electrons. The molecule has 0 fully saturated rings. The number of guanidine groups is 1. The first kappa shape index (κ1) is 22.9. The fourth-order valence-corrected chi connectivity index (χ4v) is 3.20. The van der Waals surface area contributed by atoms with Crippen LogP contribution in [0.3, 0.4) is 0 Å². The fourth-order valence-electron chi connectivity index (χ4n) is 3.20. The number of rotatable bonds is 10. The van der Waals surface area contributed by atoms with Gasteiger partial charge < -0.3 is 15.7 Å². The quantitative estimate of drug-likeness (QED) is 0.425. The van der Waals surface area contributed by atoms with Crippen LogP contribution in [0.5, 0.6) is 0 Å². The van der Waals surface area contributed by atoms with Crippen molar-refractivity contribution < 1.29 is 5.11 Å². The maximum Gasteiger partial charge on any atom is 0.191 e. The lowest BCUT2D eigenvalue weighted by Gasteiger charge is -2.25. The van der Waals surface area contributed by atoms with Crippen LogP contribution in [-0.4, -0.2) is 42.1 Å². The highest BCUT2D eigenvalue weighted by Gasteiger charge is 2.22. The maximum atomic E-state index is 10.8. The molecule has 3 N–H and O–H groups in total. The Morgan fingerprint density at radius 2 is 1.66 bits per heavy atom. The van der Waals surface area contributed by atoms with E-state index in [1.54, 1.807) is 0 Å². The second-order valence-electron chi connectivity index (χ2n) is 7.47. The molecule has 0 aliphatic heterocycles. The molecule has 0 saturated carbocycles. The normalized spacial score (nSPS) is 13.9. The standard InChI is InChI=1S/C24H36N4O/c1-5-25-23(27-19-24(4,29)22-14-9-8-10-15-22)26-17-20-12-11-13-21(16-20)18-28(6-2)7-3/h8-16,29H,5-7,17-19H2,1-4H3,(H2,25,26,27). The topological polar surface area (TPSA) is 59.9 Å². The summed E-state index contributed by atoms with van der Waals surface area (Å²) in [6.07, 6.45) is 0. The van der Waals surface area contributed by atoms with Gasteiger partial charge in [-0.2, -0.15) is 0 Å². The Morgan fingerprint density at radius 1 is 0.966 bits per heavy atom. The monoisotopic (exact) mass is 396 g/mol. The van der Waals surface area contributed by atoms with E-state index in [4.69, 9.17) is 4.99 Å². The molecule has 0 amide bonds. The second kappa shape index (κ2) is 11.6. The first-order chi connectivity index (χ1) is 14.0. The molecule has 2 rings (SSSR count). The fraction of sp³-hybridized carbons (Fsp3) is 0.458. The zero-order chi connectivity index (χ0) is 21.1. The number of nitrogens with zero attached hydrogens (tertiary/aromatic N) is 2. The average Bonchev–Trinajstić information content (AvgIpc) is 2.75. The summed E-state index contributed by atoms with van der Waals surface area (Å²) in [5.41, 5.74) is 2.40. The van der Waals surface area contributed by atoms with Gasteiger partial charge in [-0.1, -0.05) is 68.4 Å². The Labute approximate surface area is 175 Å². The van der Waals surface area contributed by atoms with E-state index in [0.717, 1.165) is 31.7 Å². The number of hydrogen-bond donors (Lipinski definition) is 3. The molecule has 1 atom stereocenters. The Balaban J connectivity index is 2.02. The number of nitrogens with one attached hydrogen (secondary N) is 2. The van der Waals surface area contributed by atoms with Gasteiger partial charge in [0, 0.05) is 13.1 Å². The van der Waals surface area contributed by atoms with Crippen LogP contribution < -0.4 is 10.6 Å². The number of aliphatic hydroxyl groups is 1. The molecule has 158 valence electrons. The lowest BCUT2D eigenvalue weighted by atomic mass is 9.96. The Morgan fingerprint density at radius 3 is 2.31 bits per heavy atom. The van der Waals surface area contributed by atoms with Gasteiger partial charge >= 0.3 is 0 Å². The molecule has 0 aliphatic rings. The van der Waals surface area contributed by atoms with Crippen LogP contribution in [0.4, 0.5) is 0 Å². The summed E-state index contributed by atoms with van der Waals surface area (Å²) in [6.45, 7) is 13.0.